The molecule has 9 nitrogen and oxygen atoms in total. The lowest BCUT2D eigenvalue weighted by Gasteiger charge is -2.48. The molecule has 2 aliphatic heterocycles. The van der Waals surface area contributed by atoms with Gasteiger partial charge in [-0.15, -0.1) is 11.3 Å². The molecular formula is C25H27N5O4S2. The maximum absolute atomic E-state index is 13.0. The monoisotopic (exact) mass is 525 g/mol. The van der Waals surface area contributed by atoms with Gasteiger partial charge >= 0.3 is 0 Å². The highest BCUT2D eigenvalue weighted by molar-refractivity contribution is 7.92. The number of nitrogens with zero attached hydrogens (tertiary/aromatic N) is 4. The van der Waals surface area contributed by atoms with Crippen LogP contribution in [-0.4, -0.2) is 91.5 Å². The minimum absolute atomic E-state index is 0.00266. The lowest BCUT2D eigenvalue weighted by Crippen LogP contribution is -2.64. The molecule has 5 rings (SSSR count). The summed E-state index contributed by atoms with van der Waals surface area (Å²) in [6, 6.07) is 14.8. The van der Waals surface area contributed by atoms with Crippen molar-refractivity contribution in [1.29, 1.82) is 0 Å². The lowest BCUT2D eigenvalue weighted by molar-refractivity contribution is 0.00853. The van der Waals surface area contributed by atoms with E-state index in [0.717, 1.165) is 30.5 Å². The SMILES string of the molecule is CS(=O)(=O)Nc1cccc(-c2ccc(C(=O)N3CC(N4CCN(C(=O)c5nccs5)CC4)C3)cc2)c1. The first-order chi connectivity index (χ1) is 17.3. The molecule has 1 N–H and O–H groups in total. The van der Waals surface area contributed by atoms with Crippen molar-refractivity contribution < 1.29 is 18.0 Å². The number of thiazole rings is 1. The molecule has 188 valence electrons. The van der Waals surface area contributed by atoms with Crippen molar-refractivity contribution in [1.82, 2.24) is 19.7 Å². The number of anilines is 1. The topological polar surface area (TPSA) is 103 Å². The van der Waals surface area contributed by atoms with E-state index in [4.69, 9.17) is 0 Å². The Bertz CT molecular complexity index is 1350. The van der Waals surface area contributed by atoms with E-state index in [1.807, 2.05) is 45.5 Å². The second kappa shape index (κ2) is 10.00. The Morgan fingerprint density at radius 3 is 2.31 bits per heavy atom. The van der Waals surface area contributed by atoms with Crippen LogP contribution in [0.25, 0.3) is 11.1 Å². The van der Waals surface area contributed by atoms with Crippen molar-refractivity contribution in [3.63, 3.8) is 0 Å². The molecule has 2 aromatic carbocycles. The highest BCUT2D eigenvalue weighted by Gasteiger charge is 2.37. The van der Waals surface area contributed by atoms with Gasteiger partial charge in [-0.25, -0.2) is 13.4 Å². The number of benzene rings is 2. The molecule has 2 saturated heterocycles. The summed E-state index contributed by atoms with van der Waals surface area (Å²) >= 11 is 1.37. The minimum Gasteiger partial charge on any atom is -0.335 e. The quantitative estimate of drug-likeness (QED) is 0.531. The smallest absolute Gasteiger partial charge is 0.282 e. The summed E-state index contributed by atoms with van der Waals surface area (Å²) in [7, 11) is -3.35. The van der Waals surface area contributed by atoms with Crippen molar-refractivity contribution in [3.05, 3.63) is 70.7 Å². The third-order valence-electron chi connectivity index (χ3n) is 6.51. The van der Waals surface area contributed by atoms with Gasteiger partial charge < -0.3 is 9.80 Å². The third-order valence-corrected chi connectivity index (χ3v) is 7.88. The first kappa shape index (κ1) is 24.4. The summed E-state index contributed by atoms with van der Waals surface area (Å²) < 4.78 is 25.5. The van der Waals surface area contributed by atoms with Crippen LogP contribution in [0.2, 0.25) is 0 Å². The van der Waals surface area contributed by atoms with Crippen LogP contribution in [0.15, 0.2) is 60.1 Å². The Morgan fingerprint density at radius 1 is 0.944 bits per heavy atom. The molecule has 3 heterocycles. The van der Waals surface area contributed by atoms with Gasteiger partial charge in [0, 0.05) is 68.1 Å². The fourth-order valence-corrected chi connectivity index (χ4v) is 5.73. The van der Waals surface area contributed by atoms with Gasteiger partial charge in [-0.1, -0.05) is 24.3 Å². The van der Waals surface area contributed by atoms with Gasteiger partial charge in [-0.05, 0) is 35.4 Å². The zero-order valence-electron chi connectivity index (χ0n) is 19.8. The zero-order chi connectivity index (χ0) is 25.3. The highest BCUT2D eigenvalue weighted by Crippen LogP contribution is 2.25. The summed E-state index contributed by atoms with van der Waals surface area (Å²) in [5.41, 5.74) is 2.88. The second-order valence-corrected chi connectivity index (χ2v) is 11.7. The third kappa shape index (κ3) is 5.43. The van der Waals surface area contributed by atoms with Crippen LogP contribution in [0, 0.1) is 0 Å². The van der Waals surface area contributed by atoms with E-state index in [-0.39, 0.29) is 11.8 Å². The standard InChI is InChI=1S/C25H27N5O4S2/c1-36(33,34)27-21-4-2-3-20(15-21)18-5-7-19(8-6-18)24(31)30-16-22(17-30)28-10-12-29(13-11-28)25(32)23-26-9-14-35-23/h2-9,14-15,22,27H,10-13,16-17H2,1H3. The van der Waals surface area contributed by atoms with Crippen molar-refractivity contribution in [3.8, 4) is 11.1 Å². The van der Waals surface area contributed by atoms with E-state index in [9.17, 15) is 18.0 Å². The van der Waals surface area contributed by atoms with E-state index in [0.29, 0.717) is 48.5 Å². The van der Waals surface area contributed by atoms with E-state index in [1.54, 1.807) is 24.4 Å². The molecule has 1 aromatic heterocycles. The Balaban J connectivity index is 1.13. The van der Waals surface area contributed by atoms with Crippen LogP contribution in [0.4, 0.5) is 5.69 Å². The summed E-state index contributed by atoms with van der Waals surface area (Å²) in [6.45, 7) is 4.30. The van der Waals surface area contributed by atoms with Crippen LogP contribution in [0.5, 0.6) is 0 Å². The number of hydrogen-bond acceptors (Lipinski definition) is 7. The highest BCUT2D eigenvalue weighted by atomic mass is 32.2. The molecular weight excluding hydrogens is 498 g/mol. The Morgan fingerprint density at radius 2 is 1.67 bits per heavy atom. The summed E-state index contributed by atoms with van der Waals surface area (Å²) in [4.78, 5) is 35.6. The molecule has 0 unspecified atom stereocenters. The van der Waals surface area contributed by atoms with Gasteiger partial charge in [0.25, 0.3) is 11.8 Å². The van der Waals surface area contributed by atoms with Crippen LogP contribution in [0.1, 0.15) is 20.2 Å². The predicted octanol–water partition coefficient (Wildman–Crippen LogP) is 2.46. The van der Waals surface area contributed by atoms with Gasteiger partial charge in [0.05, 0.1) is 6.26 Å². The Hall–Kier alpha value is -3.28. The largest absolute Gasteiger partial charge is 0.335 e. The number of likely N-dealkylation sites (tertiary alicyclic amines) is 1. The molecule has 0 aliphatic carbocycles. The minimum atomic E-state index is -3.35. The maximum atomic E-state index is 13.0. The van der Waals surface area contributed by atoms with Gasteiger partial charge in [0.2, 0.25) is 10.0 Å². The normalized spacial score (nSPS) is 17.0. The van der Waals surface area contributed by atoms with Crippen LogP contribution >= 0.6 is 11.3 Å². The fraction of sp³-hybridized carbons (Fsp3) is 0.320. The van der Waals surface area contributed by atoms with Crippen molar-refractivity contribution >= 4 is 38.9 Å². The summed E-state index contributed by atoms with van der Waals surface area (Å²) in [5.74, 6) is -0.000209. The number of nitrogens with one attached hydrogen (secondary N) is 1. The predicted molar refractivity (Wildman–Crippen MR) is 140 cm³/mol. The van der Waals surface area contributed by atoms with E-state index < -0.39 is 10.0 Å². The van der Waals surface area contributed by atoms with E-state index in [2.05, 4.69) is 14.6 Å². The van der Waals surface area contributed by atoms with Crippen molar-refractivity contribution in [2.45, 2.75) is 6.04 Å². The first-order valence-electron chi connectivity index (χ1n) is 11.7. The first-order valence-corrected chi connectivity index (χ1v) is 14.4. The molecule has 3 aromatic rings. The molecule has 11 heteroatoms. The van der Waals surface area contributed by atoms with Crippen LogP contribution < -0.4 is 4.72 Å². The summed E-state index contributed by atoms with van der Waals surface area (Å²) in [5, 5.41) is 2.35. The number of carbonyl (C=O) groups is 2. The Kier molecular flexibility index (Phi) is 6.78. The molecule has 0 saturated carbocycles. The molecule has 2 amide bonds. The van der Waals surface area contributed by atoms with Crippen LogP contribution in [0.3, 0.4) is 0 Å². The molecule has 0 radical (unpaired) electrons. The van der Waals surface area contributed by atoms with Crippen LogP contribution in [-0.2, 0) is 10.0 Å². The number of amides is 2. The van der Waals surface area contributed by atoms with E-state index >= 15 is 0 Å². The number of piperazine rings is 1. The molecule has 0 bridgehead atoms. The average molecular weight is 526 g/mol. The molecule has 2 fully saturated rings. The average Bonchev–Trinajstić information content (AvgIpc) is 3.37. The zero-order valence-corrected chi connectivity index (χ0v) is 21.5. The van der Waals surface area contributed by atoms with Gasteiger partial charge in [0.1, 0.15) is 0 Å². The van der Waals surface area contributed by atoms with Gasteiger partial charge in [0.15, 0.2) is 5.01 Å². The molecule has 0 spiro atoms. The second-order valence-electron chi connectivity index (χ2n) is 9.06. The van der Waals surface area contributed by atoms with Crippen molar-refractivity contribution in [2.75, 3.05) is 50.2 Å². The summed E-state index contributed by atoms with van der Waals surface area (Å²) in [6.07, 6.45) is 2.77. The number of rotatable bonds is 6. The lowest BCUT2D eigenvalue weighted by atomic mass is 10.0. The van der Waals surface area contributed by atoms with Gasteiger partial charge in [-0.3, -0.25) is 19.2 Å². The maximum Gasteiger partial charge on any atom is 0.282 e. The van der Waals surface area contributed by atoms with E-state index in [1.165, 1.54) is 11.3 Å². The molecule has 2 aliphatic rings. The number of hydrogen-bond donors (Lipinski definition) is 1. The van der Waals surface area contributed by atoms with Gasteiger partial charge in [-0.2, -0.15) is 0 Å². The van der Waals surface area contributed by atoms with Crippen molar-refractivity contribution in [2.24, 2.45) is 0 Å². The molecule has 36 heavy (non-hydrogen) atoms. The fourth-order valence-electron chi connectivity index (χ4n) is 4.57. The Labute approximate surface area is 214 Å². The number of aromatic nitrogens is 1. The number of carbonyl (C=O) groups excluding carboxylic acids is 2. The molecule has 0 atom stereocenters. The number of sulfonamides is 1.